The molecule has 0 unspecified atom stereocenters. The number of benzene rings is 5. The maximum absolute atomic E-state index is 14.9. The molecular formula is C41H38N2O11. The van der Waals surface area contributed by atoms with Crippen LogP contribution in [0.5, 0.6) is 17.2 Å². The zero-order valence-electron chi connectivity index (χ0n) is 29.2. The summed E-state index contributed by atoms with van der Waals surface area (Å²) in [6.45, 7) is 1.94. The molecule has 1 aliphatic carbocycles. The molecule has 5 aromatic rings. The Morgan fingerprint density at radius 2 is 1.56 bits per heavy atom. The van der Waals surface area contributed by atoms with Crippen molar-refractivity contribution in [2.45, 2.75) is 63.7 Å². The molecule has 1 fully saturated rings. The Balaban J connectivity index is 1.46. The number of phenols is 1. The Morgan fingerprint density at radius 1 is 0.815 bits per heavy atom. The summed E-state index contributed by atoms with van der Waals surface area (Å²) in [4.78, 5) is 41.9. The van der Waals surface area contributed by atoms with Crippen LogP contribution in [0.15, 0.2) is 78.9 Å². The summed E-state index contributed by atoms with van der Waals surface area (Å²) in [6.07, 6.45) is -8.32. The number of fused-ring (bicyclic) bond motifs is 3. The summed E-state index contributed by atoms with van der Waals surface area (Å²) >= 11 is 0. The highest BCUT2D eigenvalue weighted by molar-refractivity contribution is 6.32. The average Bonchev–Trinajstić information content (AvgIpc) is 3.15. The number of carbonyl (C=O) groups excluding carboxylic acids is 3. The molecule has 1 heterocycles. The molecule has 9 N–H and O–H groups in total. The Kier molecular flexibility index (Phi) is 9.81. The lowest BCUT2D eigenvalue weighted by atomic mass is 9.76. The third-order valence-electron chi connectivity index (χ3n) is 9.89. The van der Waals surface area contributed by atoms with Crippen molar-refractivity contribution >= 4 is 28.3 Å². The van der Waals surface area contributed by atoms with Crippen molar-refractivity contribution in [3.63, 3.8) is 0 Å². The number of nitrogens with two attached hydrogens (primary N) is 2. The van der Waals surface area contributed by atoms with Crippen molar-refractivity contribution in [3.05, 3.63) is 123 Å². The van der Waals surface area contributed by atoms with Gasteiger partial charge in [-0.15, -0.1) is 0 Å². The smallest absolute Gasteiger partial charge is 0.308 e. The first-order valence-corrected chi connectivity index (χ1v) is 17.2. The lowest BCUT2D eigenvalue weighted by molar-refractivity contribution is -0.268. The van der Waals surface area contributed by atoms with Crippen LogP contribution < -0.4 is 20.9 Å². The number of hydrogen-bond acceptors (Lipinski definition) is 13. The zero-order chi connectivity index (χ0) is 38.6. The van der Waals surface area contributed by atoms with Crippen molar-refractivity contribution in [2.24, 2.45) is 11.5 Å². The molecule has 1 saturated heterocycles. The molecule has 0 bridgehead atoms. The predicted octanol–water partition coefficient (Wildman–Crippen LogP) is 3.12. The monoisotopic (exact) mass is 734 g/mol. The number of carbonyl (C=O) groups is 3. The van der Waals surface area contributed by atoms with Crippen LogP contribution in [-0.2, 0) is 22.6 Å². The van der Waals surface area contributed by atoms with Gasteiger partial charge in [0.2, 0.25) is 6.29 Å². The molecule has 0 aromatic heterocycles. The number of phenolic OH excluding ortho intramolecular Hbond substituents is 1. The molecule has 5 atom stereocenters. The van der Waals surface area contributed by atoms with Crippen molar-refractivity contribution in [2.75, 3.05) is 0 Å². The highest BCUT2D eigenvalue weighted by Crippen LogP contribution is 2.47. The Morgan fingerprint density at radius 3 is 2.26 bits per heavy atom. The molecule has 13 heteroatoms. The normalized spacial score (nSPS) is 20.9. The lowest BCUT2D eigenvalue weighted by Crippen LogP contribution is -2.58. The van der Waals surface area contributed by atoms with E-state index in [2.05, 4.69) is 0 Å². The van der Waals surface area contributed by atoms with E-state index in [1.54, 1.807) is 36.4 Å². The van der Waals surface area contributed by atoms with E-state index in [1.807, 2.05) is 30.3 Å². The molecule has 5 aromatic carbocycles. The summed E-state index contributed by atoms with van der Waals surface area (Å²) < 4.78 is 17.4. The number of aromatic hydroxyl groups is 1. The lowest BCUT2D eigenvalue weighted by Gasteiger charge is -2.39. The van der Waals surface area contributed by atoms with E-state index < -0.39 is 66.8 Å². The largest absolute Gasteiger partial charge is 0.507 e. The second kappa shape index (κ2) is 14.4. The number of aliphatic hydroxyl groups is 4. The summed E-state index contributed by atoms with van der Waals surface area (Å²) in [5, 5.41) is 55.9. The number of aliphatic hydroxyl groups excluding tert-OH is 4. The minimum atomic E-state index is -1.75. The van der Waals surface area contributed by atoms with Gasteiger partial charge < -0.3 is 51.2 Å². The molecule has 2 aliphatic rings. The van der Waals surface area contributed by atoms with Crippen LogP contribution in [0.2, 0.25) is 0 Å². The van der Waals surface area contributed by atoms with E-state index in [1.165, 1.54) is 26.0 Å². The molecule has 1 aliphatic heterocycles. The van der Waals surface area contributed by atoms with Crippen LogP contribution in [-0.4, -0.2) is 73.8 Å². The molecule has 54 heavy (non-hydrogen) atoms. The van der Waals surface area contributed by atoms with Crippen molar-refractivity contribution in [1.82, 2.24) is 0 Å². The first-order chi connectivity index (χ1) is 25.8. The topological polar surface area (TPSA) is 232 Å². The fourth-order valence-corrected chi connectivity index (χ4v) is 7.17. The van der Waals surface area contributed by atoms with Crippen LogP contribution >= 0.6 is 0 Å². The molecule has 0 spiro atoms. The Hall–Kier alpha value is -5.51. The van der Waals surface area contributed by atoms with Gasteiger partial charge in [-0.3, -0.25) is 14.4 Å². The first-order valence-electron chi connectivity index (χ1n) is 17.2. The van der Waals surface area contributed by atoms with E-state index >= 15 is 0 Å². The van der Waals surface area contributed by atoms with Crippen LogP contribution in [0.25, 0.3) is 21.9 Å². The maximum Gasteiger partial charge on any atom is 0.308 e. The third-order valence-corrected chi connectivity index (χ3v) is 9.89. The second-order valence-corrected chi connectivity index (χ2v) is 13.5. The zero-order valence-corrected chi connectivity index (χ0v) is 29.2. The summed E-state index contributed by atoms with van der Waals surface area (Å²) in [5.74, 6) is -3.12. The van der Waals surface area contributed by atoms with Crippen LogP contribution in [0.3, 0.4) is 0 Å². The van der Waals surface area contributed by atoms with Gasteiger partial charge in [0.05, 0.1) is 24.4 Å². The van der Waals surface area contributed by atoms with Gasteiger partial charge in [0.15, 0.2) is 11.6 Å². The number of ether oxygens (including phenoxy) is 3. The third kappa shape index (κ3) is 6.41. The van der Waals surface area contributed by atoms with Crippen molar-refractivity contribution in [3.8, 4) is 28.4 Å². The van der Waals surface area contributed by atoms with Gasteiger partial charge in [0.25, 0.3) is 0 Å². The van der Waals surface area contributed by atoms with Gasteiger partial charge in [-0.25, -0.2) is 0 Å². The summed E-state index contributed by atoms with van der Waals surface area (Å²) in [7, 11) is 0. The van der Waals surface area contributed by atoms with E-state index in [0.29, 0.717) is 16.7 Å². The number of rotatable bonds is 8. The fraction of sp³-hybridized carbons (Fsp3) is 0.244. The number of hydrogen-bond donors (Lipinski definition) is 7. The van der Waals surface area contributed by atoms with E-state index in [-0.39, 0.29) is 56.9 Å². The standard InChI is InChI=1S/C41H38N2O11/c1-18-34(46)38(50)39(51)41(52-18)54-28-16-27-32(35(47)26(28)13-20-6-5-9-24(12-20)40(42)43)37(49)31-25(17-44)15-29(53-19(2)45)30(33(31)36(27)48)23-11-10-21-7-3-4-8-22(21)14-23/h3-12,14-16,18,34,38-41,44,46-47,50-51H,13,17,42-43H2,1-2H3/t18-,34-,38-,39-,41-/m1/s1. The molecule has 278 valence electrons. The van der Waals surface area contributed by atoms with E-state index in [9.17, 15) is 39.9 Å². The molecule has 13 nitrogen and oxygen atoms in total. The summed E-state index contributed by atoms with van der Waals surface area (Å²) in [6, 6.07) is 22.2. The van der Waals surface area contributed by atoms with E-state index in [4.69, 9.17) is 25.7 Å². The SMILES string of the molecule is CC(=O)Oc1cc(CO)c2c(c1-c1ccc3ccccc3c1)C(=O)c1cc(O[C@H]3O[C@H](C)[C@@H](O)[C@@H](O)[C@H]3O)c(Cc3cccc(C(N)N)c3)c(O)c1C2=O. The van der Waals surface area contributed by atoms with E-state index in [0.717, 1.165) is 10.8 Å². The maximum atomic E-state index is 14.9. The Bertz CT molecular complexity index is 2340. The van der Waals surface area contributed by atoms with Gasteiger partial charge in [-0.2, -0.15) is 0 Å². The van der Waals surface area contributed by atoms with Gasteiger partial charge in [-0.1, -0.05) is 60.7 Å². The van der Waals surface area contributed by atoms with Crippen molar-refractivity contribution in [1.29, 1.82) is 0 Å². The number of ketones is 2. The quantitative estimate of drug-likeness (QED) is 0.0678. The fourth-order valence-electron chi connectivity index (χ4n) is 7.17. The number of esters is 1. The average molecular weight is 735 g/mol. The minimum Gasteiger partial charge on any atom is -0.507 e. The highest BCUT2D eigenvalue weighted by atomic mass is 16.7. The van der Waals surface area contributed by atoms with Gasteiger partial charge in [-0.05, 0) is 58.1 Å². The van der Waals surface area contributed by atoms with Crippen LogP contribution in [0.1, 0.15) is 74.1 Å². The first kappa shape index (κ1) is 36.8. The van der Waals surface area contributed by atoms with Gasteiger partial charge >= 0.3 is 5.97 Å². The predicted molar refractivity (Wildman–Crippen MR) is 195 cm³/mol. The molecule has 0 amide bonds. The van der Waals surface area contributed by atoms with Crippen LogP contribution in [0.4, 0.5) is 0 Å². The minimum absolute atomic E-state index is 0.0130. The van der Waals surface area contributed by atoms with Gasteiger partial charge in [0.1, 0.15) is 35.6 Å². The Labute approximate surface area is 308 Å². The van der Waals surface area contributed by atoms with Crippen LogP contribution in [0, 0.1) is 0 Å². The molecular weight excluding hydrogens is 696 g/mol. The summed E-state index contributed by atoms with van der Waals surface area (Å²) in [5.41, 5.74) is 12.5. The van der Waals surface area contributed by atoms with Gasteiger partial charge in [0, 0.05) is 41.2 Å². The molecule has 0 radical (unpaired) electrons. The molecule has 7 rings (SSSR count). The van der Waals surface area contributed by atoms with Crippen molar-refractivity contribution < 1.29 is 54.1 Å². The highest BCUT2D eigenvalue weighted by Gasteiger charge is 2.45. The molecule has 0 saturated carbocycles. The second-order valence-electron chi connectivity index (χ2n) is 13.5.